The first-order valence-corrected chi connectivity index (χ1v) is 7.47. The standard InChI is InChI=1S/C15H18Cl2N4/c1-9-14(18-3)20-10(2)21-15(9)19-7-6-11-4-5-12(16)8-13(11)17/h4-5,8H,6-7H2,1-3H3,(H2,18,19,20,21). The van der Waals surface area contributed by atoms with Gasteiger partial charge in [-0.3, -0.25) is 0 Å². The predicted molar refractivity (Wildman–Crippen MR) is 89.7 cm³/mol. The highest BCUT2D eigenvalue weighted by molar-refractivity contribution is 6.35. The second-order valence-electron chi connectivity index (χ2n) is 4.76. The van der Waals surface area contributed by atoms with Crippen LogP contribution in [0.4, 0.5) is 11.6 Å². The normalized spacial score (nSPS) is 10.5. The molecule has 0 saturated carbocycles. The summed E-state index contributed by atoms with van der Waals surface area (Å²) >= 11 is 12.1. The van der Waals surface area contributed by atoms with Crippen molar-refractivity contribution in [2.45, 2.75) is 20.3 Å². The molecule has 112 valence electrons. The number of anilines is 2. The molecule has 0 aliphatic heterocycles. The Balaban J connectivity index is 2.05. The van der Waals surface area contributed by atoms with E-state index in [0.29, 0.717) is 10.0 Å². The third kappa shape index (κ3) is 3.99. The van der Waals surface area contributed by atoms with Crippen molar-refractivity contribution in [3.63, 3.8) is 0 Å². The second-order valence-corrected chi connectivity index (χ2v) is 5.60. The smallest absolute Gasteiger partial charge is 0.134 e. The quantitative estimate of drug-likeness (QED) is 0.869. The number of hydrogen-bond donors (Lipinski definition) is 2. The van der Waals surface area contributed by atoms with Crippen LogP contribution >= 0.6 is 23.2 Å². The summed E-state index contributed by atoms with van der Waals surface area (Å²) in [6, 6.07) is 5.56. The van der Waals surface area contributed by atoms with Crippen molar-refractivity contribution in [2.24, 2.45) is 0 Å². The fourth-order valence-electron chi connectivity index (χ4n) is 2.08. The summed E-state index contributed by atoms with van der Waals surface area (Å²) in [7, 11) is 1.85. The fraction of sp³-hybridized carbons (Fsp3) is 0.333. The van der Waals surface area contributed by atoms with Gasteiger partial charge in [0.2, 0.25) is 0 Å². The SMILES string of the molecule is CNc1nc(C)nc(NCCc2ccc(Cl)cc2Cl)c1C. The third-order valence-corrected chi connectivity index (χ3v) is 3.78. The third-order valence-electron chi connectivity index (χ3n) is 3.20. The van der Waals surface area contributed by atoms with Gasteiger partial charge in [-0.1, -0.05) is 29.3 Å². The van der Waals surface area contributed by atoms with E-state index in [4.69, 9.17) is 23.2 Å². The molecule has 0 saturated heterocycles. The maximum atomic E-state index is 6.17. The minimum absolute atomic E-state index is 0.651. The maximum Gasteiger partial charge on any atom is 0.134 e. The highest BCUT2D eigenvalue weighted by Crippen LogP contribution is 2.22. The molecule has 2 rings (SSSR count). The molecule has 0 unspecified atom stereocenters. The minimum atomic E-state index is 0.651. The number of aryl methyl sites for hydroxylation is 1. The minimum Gasteiger partial charge on any atom is -0.373 e. The van der Waals surface area contributed by atoms with E-state index in [1.807, 2.05) is 33.0 Å². The van der Waals surface area contributed by atoms with Gasteiger partial charge < -0.3 is 10.6 Å². The highest BCUT2D eigenvalue weighted by Gasteiger charge is 2.08. The van der Waals surface area contributed by atoms with Crippen molar-refractivity contribution in [3.8, 4) is 0 Å². The van der Waals surface area contributed by atoms with E-state index in [1.165, 1.54) is 0 Å². The summed E-state index contributed by atoms with van der Waals surface area (Å²) in [6.45, 7) is 4.60. The van der Waals surface area contributed by atoms with E-state index in [-0.39, 0.29) is 0 Å². The summed E-state index contributed by atoms with van der Waals surface area (Å²) in [5.74, 6) is 2.42. The van der Waals surface area contributed by atoms with Crippen LogP contribution in [0.15, 0.2) is 18.2 Å². The molecule has 0 bridgehead atoms. The van der Waals surface area contributed by atoms with E-state index in [9.17, 15) is 0 Å². The molecule has 6 heteroatoms. The Morgan fingerprint density at radius 2 is 1.81 bits per heavy atom. The Labute approximate surface area is 134 Å². The number of rotatable bonds is 5. The van der Waals surface area contributed by atoms with Crippen molar-refractivity contribution in [1.29, 1.82) is 0 Å². The summed E-state index contributed by atoms with van der Waals surface area (Å²) in [5, 5.41) is 7.75. The van der Waals surface area contributed by atoms with Gasteiger partial charge in [-0.15, -0.1) is 0 Å². The van der Waals surface area contributed by atoms with Gasteiger partial charge in [0.25, 0.3) is 0 Å². The van der Waals surface area contributed by atoms with Crippen LogP contribution in [-0.4, -0.2) is 23.6 Å². The molecule has 1 aromatic carbocycles. The van der Waals surface area contributed by atoms with Gasteiger partial charge in [0.15, 0.2) is 0 Å². The molecule has 2 aromatic rings. The summed E-state index contributed by atoms with van der Waals surface area (Å²) in [4.78, 5) is 8.78. The Bertz CT molecular complexity index is 644. The van der Waals surface area contributed by atoms with Crippen molar-refractivity contribution in [1.82, 2.24) is 9.97 Å². The molecule has 0 spiro atoms. The lowest BCUT2D eigenvalue weighted by atomic mass is 10.1. The average molecular weight is 325 g/mol. The summed E-state index contributed by atoms with van der Waals surface area (Å²) < 4.78 is 0. The van der Waals surface area contributed by atoms with E-state index >= 15 is 0 Å². The molecule has 0 amide bonds. The molecule has 0 aliphatic carbocycles. The molecule has 0 aliphatic rings. The Morgan fingerprint density at radius 3 is 2.48 bits per heavy atom. The van der Waals surface area contributed by atoms with E-state index in [2.05, 4.69) is 20.6 Å². The van der Waals surface area contributed by atoms with Crippen molar-refractivity contribution in [2.75, 3.05) is 24.2 Å². The number of aromatic nitrogens is 2. The van der Waals surface area contributed by atoms with Gasteiger partial charge in [-0.2, -0.15) is 0 Å². The molecule has 0 atom stereocenters. The first kappa shape index (κ1) is 15.9. The first-order valence-electron chi connectivity index (χ1n) is 6.72. The van der Waals surface area contributed by atoms with Gasteiger partial charge in [-0.25, -0.2) is 9.97 Å². The molecule has 2 N–H and O–H groups in total. The average Bonchev–Trinajstić information content (AvgIpc) is 2.44. The van der Waals surface area contributed by atoms with Crippen LogP contribution in [-0.2, 0) is 6.42 Å². The molecule has 4 nitrogen and oxygen atoms in total. The lowest BCUT2D eigenvalue weighted by Gasteiger charge is -2.13. The second kappa shape index (κ2) is 6.96. The van der Waals surface area contributed by atoms with Gasteiger partial charge >= 0.3 is 0 Å². The Hall–Kier alpha value is -1.52. The largest absolute Gasteiger partial charge is 0.373 e. The van der Waals surface area contributed by atoms with Crippen LogP contribution in [0.5, 0.6) is 0 Å². The zero-order valence-electron chi connectivity index (χ0n) is 12.3. The van der Waals surface area contributed by atoms with Crippen LogP contribution in [0.1, 0.15) is 17.0 Å². The molecular formula is C15H18Cl2N4. The van der Waals surface area contributed by atoms with Gasteiger partial charge in [0, 0.05) is 29.2 Å². The number of hydrogen-bond acceptors (Lipinski definition) is 4. The number of nitrogens with zero attached hydrogens (tertiary/aromatic N) is 2. The predicted octanol–water partition coefficient (Wildman–Crippen LogP) is 4.10. The van der Waals surface area contributed by atoms with Crippen LogP contribution in [0.25, 0.3) is 0 Å². The van der Waals surface area contributed by atoms with Crippen molar-refractivity contribution >= 4 is 34.8 Å². The highest BCUT2D eigenvalue weighted by atomic mass is 35.5. The molecule has 0 fully saturated rings. The Morgan fingerprint density at radius 1 is 1.10 bits per heavy atom. The fourth-order valence-corrected chi connectivity index (χ4v) is 2.59. The van der Waals surface area contributed by atoms with E-state index in [1.54, 1.807) is 6.07 Å². The number of nitrogens with one attached hydrogen (secondary N) is 2. The van der Waals surface area contributed by atoms with Crippen LogP contribution in [0.3, 0.4) is 0 Å². The number of halogens is 2. The molecule has 21 heavy (non-hydrogen) atoms. The Kier molecular flexibility index (Phi) is 5.26. The van der Waals surface area contributed by atoms with Crippen molar-refractivity contribution in [3.05, 3.63) is 45.2 Å². The van der Waals surface area contributed by atoms with Gasteiger partial charge in [0.1, 0.15) is 17.5 Å². The maximum absolute atomic E-state index is 6.17. The zero-order chi connectivity index (χ0) is 15.4. The van der Waals surface area contributed by atoms with Crippen LogP contribution in [0, 0.1) is 13.8 Å². The van der Waals surface area contributed by atoms with Crippen LogP contribution < -0.4 is 10.6 Å². The lowest BCUT2D eigenvalue weighted by Crippen LogP contribution is -2.11. The van der Waals surface area contributed by atoms with E-state index < -0.39 is 0 Å². The molecule has 0 radical (unpaired) electrons. The first-order chi connectivity index (χ1) is 10.0. The monoisotopic (exact) mass is 324 g/mol. The van der Waals surface area contributed by atoms with Gasteiger partial charge in [-0.05, 0) is 38.0 Å². The van der Waals surface area contributed by atoms with Crippen molar-refractivity contribution < 1.29 is 0 Å². The molecular weight excluding hydrogens is 307 g/mol. The molecule has 1 heterocycles. The number of benzene rings is 1. The van der Waals surface area contributed by atoms with Gasteiger partial charge in [0.05, 0.1) is 0 Å². The lowest BCUT2D eigenvalue weighted by molar-refractivity contribution is 0.971. The topological polar surface area (TPSA) is 49.8 Å². The summed E-state index contributed by atoms with van der Waals surface area (Å²) in [6.07, 6.45) is 0.799. The van der Waals surface area contributed by atoms with Crippen LogP contribution in [0.2, 0.25) is 10.0 Å². The molecule has 1 aromatic heterocycles. The van der Waals surface area contributed by atoms with E-state index in [0.717, 1.165) is 41.6 Å². The summed E-state index contributed by atoms with van der Waals surface area (Å²) in [5.41, 5.74) is 2.07. The zero-order valence-corrected chi connectivity index (χ0v) is 13.8.